The summed E-state index contributed by atoms with van der Waals surface area (Å²) >= 11 is 0. The van der Waals surface area contributed by atoms with Crippen molar-refractivity contribution in [2.45, 2.75) is 17.7 Å². The number of hydrogen-bond donors (Lipinski definition) is 0. The van der Waals surface area contributed by atoms with E-state index in [-0.39, 0.29) is 23.4 Å². The van der Waals surface area contributed by atoms with Gasteiger partial charge in [0, 0.05) is 25.1 Å². The second-order valence-electron chi connectivity index (χ2n) is 6.65. The monoisotopic (exact) mass is 393 g/mol. The highest BCUT2D eigenvalue weighted by atomic mass is 32.2. The van der Waals surface area contributed by atoms with Crippen LogP contribution in [0.2, 0.25) is 0 Å². The molecule has 6 nitrogen and oxygen atoms in total. The molecule has 2 aliphatic heterocycles. The lowest BCUT2D eigenvalue weighted by molar-refractivity contribution is 0.173. The molecule has 2 aliphatic rings. The van der Waals surface area contributed by atoms with Crippen molar-refractivity contribution in [3.05, 3.63) is 48.3 Å². The number of hydrogen-bond acceptors (Lipinski definition) is 5. The molecule has 1 fully saturated rings. The van der Waals surface area contributed by atoms with Crippen LogP contribution in [-0.2, 0) is 10.0 Å². The molecule has 0 saturated carbocycles. The van der Waals surface area contributed by atoms with Crippen LogP contribution in [0.5, 0.6) is 17.2 Å². The Balaban J connectivity index is 1.43. The van der Waals surface area contributed by atoms with Crippen molar-refractivity contribution in [1.82, 2.24) is 4.31 Å². The van der Waals surface area contributed by atoms with Gasteiger partial charge in [0.25, 0.3) is 0 Å². The first-order valence-corrected chi connectivity index (χ1v) is 10.2. The zero-order valence-electron chi connectivity index (χ0n) is 14.6. The molecule has 0 aromatic heterocycles. The van der Waals surface area contributed by atoms with Crippen molar-refractivity contribution in [2.24, 2.45) is 5.92 Å². The SMILES string of the molecule is O=S(=O)(c1ccc2c(c1)OCO2)N1CCCC(COc2ccc(F)cc2)C1. The largest absolute Gasteiger partial charge is 0.493 e. The van der Waals surface area contributed by atoms with Crippen LogP contribution in [-0.4, -0.2) is 39.2 Å². The Bertz CT molecular complexity index is 916. The van der Waals surface area contributed by atoms with Gasteiger partial charge in [-0.1, -0.05) is 0 Å². The van der Waals surface area contributed by atoms with Crippen LogP contribution in [0.3, 0.4) is 0 Å². The Hall–Kier alpha value is -2.32. The van der Waals surface area contributed by atoms with E-state index in [1.54, 1.807) is 24.3 Å². The summed E-state index contributed by atoms with van der Waals surface area (Å²) in [5.41, 5.74) is 0. The molecule has 2 heterocycles. The summed E-state index contributed by atoms with van der Waals surface area (Å²) in [7, 11) is -3.61. The number of ether oxygens (including phenoxy) is 3. The summed E-state index contributed by atoms with van der Waals surface area (Å²) in [6, 6.07) is 10.5. The minimum Gasteiger partial charge on any atom is -0.493 e. The predicted molar refractivity (Wildman–Crippen MR) is 95.9 cm³/mol. The van der Waals surface area contributed by atoms with Crippen LogP contribution in [0.25, 0.3) is 0 Å². The zero-order chi connectivity index (χ0) is 18.9. The van der Waals surface area contributed by atoms with Gasteiger partial charge in [0.15, 0.2) is 11.5 Å². The molecule has 0 radical (unpaired) electrons. The molecule has 0 spiro atoms. The van der Waals surface area contributed by atoms with Crippen molar-refractivity contribution >= 4 is 10.0 Å². The fraction of sp³-hybridized carbons (Fsp3) is 0.368. The van der Waals surface area contributed by atoms with E-state index in [4.69, 9.17) is 14.2 Å². The van der Waals surface area contributed by atoms with E-state index < -0.39 is 10.0 Å². The maximum atomic E-state index is 13.0. The molecule has 8 heteroatoms. The van der Waals surface area contributed by atoms with E-state index in [0.29, 0.717) is 36.9 Å². The summed E-state index contributed by atoms with van der Waals surface area (Å²) < 4.78 is 56.7. The highest BCUT2D eigenvalue weighted by Crippen LogP contribution is 2.35. The van der Waals surface area contributed by atoms with Crippen molar-refractivity contribution in [2.75, 3.05) is 26.5 Å². The smallest absolute Gasteiger partial charge is 0.243 e. The maximum Gasteiger partial charge on any atom is 0.243 e. The van der Waals surface area contributed by atoms with E-state index in [0.717, 1.165) is 12.8 Å². The molecule has 2 aromatic rings. The van der Waals surface area contributed by atoms with Crippen molar-refractivity contribution in [3.8, 4) is 17.2 Å². The lowest BCUT2D eigenvalue weighted by Gasteiger charge is -2.31. The summed E-state index contributed by atoms with van der Waals surface area (Å²) in [5.74, 6) is 1.34. The summed E-state index contributed by atoms with van der Waals surface area (Å²) in [4.78, 5) is 0.201. The van der Waals surface area contributed by atoms with Gasteiger partial charge in [-0.05, 0) is 49.2 Å². The third-order valence-corrected chi connectivity index (χ3v) is 6.62. The Morgan fingerprint density at radius 2 is 1.89 bits per heavy atom. The highest BCUT2D eigenvalue weighted by Gasteiger charge is 2.31. The van der Waals surface area contributed by atoms with Gasteiger partial charge in [0.05, 0.1) is 11.5 Å². The fourth-order valence-electron chi connectivity index (χ4n) is 3.31. The van der Waals surface area contributed by atoms with E-state index in [1.165, 1.54) is 22.5 Å². The fourth-order valence-corrected chi connectivity index (χ4v) is 4.88. The average Bonchev–Trinajstić information content (AvgIpc) is 3.16. The van der Waals surface area contributed by atoms with Gasteiger partial charge >= 0.3 is 0 Å². The van der Waals surface area contributed by atoms with Crippen LogP contribution in [0, 0.1) is 11.7 Å². The molecule has 0 bridgehead atoms. The van der Waals surface area contributed by atoms with E-state index >= 15 is 0 Å². The lowest BCUT2D eigenvalue weighted by atomic mass is 10.0. The van der Waals surface area contributed by atoms with E-state index in [1.807, 2.05) is 0 Å². The lowest BCUT2D eigenvalue weighted by Crippen LogP contribution is -2.41. The van der Waals surface area contributed by atoms with Gasteiger partial charge < -0.3 is 14.2 Å². The van der Waals surface area contributed by atoms with Crippen LogP contribution in [0.1, 0.15) is 12.8 Å². The third-order valence-electron chi connectivity index (χ3n) is 4.76. The summed E-state index contributed by atoms with van der Waals surface area (Å²) in [5, 5.41) is 0. The van der Waals surface area contributed by atoms with Crippen LogP contribution < -0.4 is 14.2 Å². The molecule has 1 atom stereocenters. The number of nitrogens with zero attached hydrogens (tertiary/aromatic N) is 1. The van der Waals surface area contributed by atoms with Crippen LogP contribution in [0.15, 0.2) is 47.4 Å². The first kappa shape index (κ1) is 18.1. The standard InChI is InChI=1S/C19H20FNO5S/c20-15-3-5-16(6-4-15)24-12-14-2-1-9-21(11-14)27(22,23)17-7-8-18-19(10-17)26-13-25-18/h3-8,10,14H,1-2,9,11-13H2. The second-order valence-corrected chi connectivity index (χ2v) is 8.59. The number of benzene rings is 2. The van der Waals surface area contributed by atoms with Gasteiger partial charge in [0.2, 0.25) is 16.8 Å². The molecule has 1 unspecified atom stereocenters. The first-order chi connectivity index (χ1) is 13.0. The minimum absolute atomic E-state index is 0.0765. The van der Waals surface area contributed by atoms with Gasteiger partial charge in [-0.3, -0.25) is 0 Å². The third kappa shape index (κ3) is 3.86. The Morgan fingerprint density at radius 1 is 1.11 bits per heavy atom. The van der Waals surface area contributed by atoms with Crippen molar-refractivity contribution in [3.63, 3.8) is 0 Å². The van der Waals surface area contributed by atoms with E-state index in [2.05, 4.69) is 0 Å². The molecule has 0 N–H and O–H groups in total. The Labute approximate surface area is 157 Å². The van der Waals surface area contributed by atoms with Crippen molar-refractivity contribution < 1.29 is 27.0 Å². The minimum atomic E-state index is -3.61. The molecule has 4 rings (SSSR count). The Morgan fingerprint density at radius 3 is 2.70 bits per heavy atom. The van der Waals surface area contributed by atoms with Gasteiger partial charge in [-0.25, -0.2) is 12.8 Å². The van der Waals surface area contributed by atoms with Crippen molar-refractivity contribution in [1.29, 1.82) is 0 Å². The number of sulfonamides is 1. The first-order valence-electron chi connectivity index (χ1n) is 8.80. The van der Waals surface area contributed by atoms with Gasteiger partial charge in [-0.15, -0.1) is 0 Å². The maximum absolute atomic E-state index is 13.0. The zero-order valence-corrected chi connectivity index (χ0v) is 15.5. The van der Waals surface area contributed by atoms with Gasteiger partial charge in [0.1, 0.15) is 11.6 Å². The van der Waals surface area contributed by atoms with Crippen LogP contribution in [0.4, 0.5) is 4.39 Å². The summed E-state index contributed by atoms with van der Waals surface area (Å²) in [6.45, 7) is 1.35. The molecular weight excluding hydrogens is 373 g/mol. The molecule has 0 aliphatic carbocycles. The topological polar surface area (TPSA) is 65.1 Å². The van der Waals surface area contributed by atoms with Crippen LogP contribution >= 0.6 is 0 Å². The van der Waals surface area contributed by atoms with Gasteiger partial charge in [-0.2, -0.15) is 4.31 Å². The summed E-state index contributed by atoms with van der Waals surface area (Å²) in [6.07, 6.45) is 1.65. The molecule has 2 aromatic carbocycles. The second kappa shape index (κ2) is 7.36. The number of halogens is 1. The number of rotatable bonds is 5. The number of fused-ring (bicyclic) bond motifs is 1. The average molecular weight is 393 g/mol. The molecule has 27 heavy (non-hydrogen) atoms. The quantitative estimate of drug-likeness (QED) is 0.781. The molecule has 0 amide bonds. The van der Waals surface area contributed by atoms with E-state index in [9.17, 15) is 12.8 Å². The number of piperidine rings is 1. The highest BCUT2D eigenvalue weighted by molar-refractivity contribution is 7.89. The Kier molecular flexibility index (Phi) is 4.92. The molecule has 1 saturated heterocycles. The molecular formula is C19H20FNO5S. The molecule has 144 valence electrons. The predicted octanol–water partition coefficient (Wildman–Crippen LogP) is 3.03. The normalized spacial score (nSPS) is 19.8.